The molecule has 4 nitrogen and oxygen atoms in total. The molecule has 2 aromatic rings. The fourth-order valence-corrected chi connectivity index (χ4v) is 1.42. The fraction of sp³-hybridized carbons (Fsp3) is 0.167. The van der Waals surface area contributed by atoms with E-state index in [9.17, 15) is 4.39 Å². The third-order valence-electron chi connectivity index (χ3n) is 2.25. The van der Waals surface area contributed by atoms with Crippen LogP contribution in [0.25, 0.3) is 0 Å². The van der Waals surface area contributed by atoms with Crippen molar-refractivity contribution in [1.82, 2.24) is 9.97 Å². The van der Waals surface area contributed by atoms with E-state index in [0.29, 0.717) is 24.6 Å². The summed E-state index contributed by atoms with van der Waals surface area (Å²) in [7, 11) is 0. The first-order chi connectivity index (χ1) is 8.24. The molecular weight excluding hydrogens is 219 g/mol. The highest BCUT2D eigenvalue weighted by Crippen LogP contribution is 2.08. The molecule has 0 amide bonds. The Hall–Kier alpha value is -2.17. The number of hydrogen-bond donors (Lipinski definition) is 2. The number of aromatic nitrogens is 2. The molecule has 0 atom stereocenters. The number of benzene rings is 1. The van der Waals surface area contributed by atoms with Gasteiger partial charge in [0.05, 0.1) is 0 Å². The van der Waals surface area contributed by atoms with Gasteiger partial charge in [0.15, 0.2) is 0 Å². The second kappa shape index (κ2) is 5.25. The Morgan fingerprint density at radius 2 is 1.94 bits per heavy atom. The van der Waals surface area contributed by atoms with E-state index in [4.69, 9.17) is 5.73 Å². The molecule has 17 heavy (non-hydrogen) atoms. The Morgan fingerprint density at radius 3 is 2.65 bits per heavy atom. The summed E-state index contributed by atoms with van der Waals surface area (Å²) in [5.41, 5.74) is 6.42. The van der Waals surface area contributed by atoms with Crippen LogP contribution in [0, 0.1) is 5.82 Å². The fourth-order valence-electron chi connectivity index (χ4n) is 1.42. The Kier molecular flexibility index (Phi) is 3.49. The highest BCUT2D eigenvalue weighted by molar-refractivity contribution is 5.42. The average molecular weight is 232 g/mol. The van der Waals surface area contributed by atoms with Crippen LogP contribution in [0.1, 0.15) is 5.82 Å². The molecule has 3 N–H and O–H groups in total. The SMILES string of the molecule is Nc1ccnc(CCNc2ccc(F)cc2)n1. The summed E-state index contributed by atoms with van der Waals surface area (Å²) in [6, 6.07) is 7.86. The molecule has 0 spiro atoms. The monoisotopic (exact) mass is 232 g/mol. The number of halogens is 1. The highest BCUT2D eigenvalue weighted by Gasteiger charge is 1.97. The first-order valence-corrected chi connectivity index (χ1v) is 5.31. The maximum Gasteiger partial charge on any atom is 0.132 e. The van der Waals surface area contributed by atoms with Gasteiger partial charge in [-0.2, -0.15) is 0 Å². The van der Waals surface area contributed by atoms with E-state index in [1.807, 2.05) is 0 Å². The van der Waals surface area contributed by atoms with Gasteiger partial charge in [-0.3, -0.25) is 0 Å². The molecule has 0 saturated carbocycles. The van der Waals surface area contributed by atoms with Gasteiger partial charge in [-0.25, -0.2) is 14.4 Å². The van der Waals surface area contributed by atoms with E-state index in [-0.39, 0.29) is 5.82 Å². The summed E-state index contributed by atoms with van der Waals surface area (Å²) in [5.74, 6) is 0.922. The van der Waals surface area contributed by atoms with Crippen LogP contribution >= 0.6 is 0 Å². The molecule has 0 bridgehead atoms. The minimum Gasteiger partial charge on any atom is -0.385 e. The van der Waals surface area contributed by atoms with Crippen molar-refractivity contribution in [2.24, 2.45) is 0 Å². The zero-order valence-corrected chi connectivity index (χ0v) is 9.23. The standard InChI is InChI=1S/C12H13FN4/c13-9-1-3-10(4-2-9)15-8-6-12-16-7-5-11(14)17-12/h1-5,7,15H,6,8H2,(H2,14,16,17). The summed E-state index contributed by atoms with van der Waals surface area (Å²) in [5, 5.41) is 3.15. The van der Waals surface area contributed by atoms with Crippen molar-refractivity contribution in [2.45, 2.75) is 6.42 Å². The van der Waals surface area contributed by atoms with Gasteiger partial charge < -0.3 is 11.1 Å². The van der Waals surface area contributed by atoms with Crippen LogP contribution in [0.15, 0.2) is 36.5 Å². The van der Waals surface area contributed by atoms with Crippen LogP contribution in [0.2, 0.25) is 0 Å². The Bertz CT molecular complexity index is 484. The lowest BCUT2D eigenvalue weighted by molar-refractivity contribution is 0.628. The largest absolute Gasteiger partial charge is 0.385 e. The van der Waals surface area contributed by atoms with Gasteiger partial charge in [0.1, 0.15) is 17.5 Å². The van der Waals surface area contributed by atoms with E-state index in [2.05, 4.69) is 15.3 Å². The minimum atomic E-state index is -0.241. The van der Waals surface area contributed by atoms with Crippen LogP contribution in [0.5, 0.6) is 0 Å². The number of nitrogens with two attached hydrogens (primary N) is 1. The van der Waals surface area contributed by atoms with Gasteiger partial charge in [-0.05, 0) is 30.3 Å². The molecule has 1 aromatic carbocycles. The van der Waals surface area contributed by atoms with Crippen LogP contribution in [0.4, 0.5) is 15.9 Å². The van der Waals surface area contributed by atoms with Crippen molar-refractivity contribution in [3.8, 4) is 0 Å². The van der Waals surface area contributed by atoms with Gasteiger partial charge in [0.2, 0.25) is 0 Å². The molecule has 0 aliphatic carbocycles. The summed E-state index contributed by atoms with van der Waals surface area (Å²) in [6.45, 7) is 0.676. The second-order valence-corrected chi connectivity index (χ2v) is 3.58. The van der Waals surface area contributed by atoms with Crippen LogP contribution in [-0.2, 0) is 6.42 Å². The molecule has 0 fully saturated rings. The van der Waals surface area contributed by atoms with Crippen LogP contribution < -0.4 is 11.1 Å². The third kappa shape index (κ3) is 3.41. The average Bonchev–Trinajstić information content (AvgIpc) is 2.32. The van der Waals surface area contributed by atoms with Crippen LogP contribution in [-0.4, -0.2) is 16.5 Å². The molecule has 1 heterocycles. The van der Waals surface area contributed by atoms with Gasteiger partial charge >= 0.3 is 0 Å². The van der Waals surface area contributed by atoms with E-state index < -0.39 is 0 Å². The molecule has 0 radical (unpaired) electrons. The van der Waals surface area contributed by atoms with Gasteiger partial charge in [0, 0.05) is 24.8 Å². The van der Waals surface area contributed by atoms with E-state index in [0.717, 1.165) is 5.69 Å². The first kappa shape index (κ1) is 11.3. The molecule has 0 saturated heterocycles. The van der Waals surface area contributed by atoms with Gasteiger partial charge in [0.25, 0.3) is 0 Å². The minimum absolute atomic E-state index is 0.241. The lowest BCUT2D eigenvalue weighted by atomic mass is 10.3. The van der Waals surface area contributed by atoms with Crippen molar-refractivity contribution in [3.05, 3.63) is 48.2 Å². The smallest absolute Gasteiger partial charge is 0.132 e. The lowest BCUT2D eigenvalue weighted by Crippen LogP contribution is -2.08. The number of rotatable bonds is 4. The Balaban J connectivity index is 1.85. The molecule has 0 aliphatic heterocycles. The molecule has 5 heteroatoms. The summed E-state index contributed by atoms with van der Waals surface area (Å²) in [4.78, 5) is 8.18. The molecule has 0 unspecified atom stereocenters. The van der Waals surface area contributed by atoms with Crippen LogP contribution in [0.3, 0.4) is 0 Å². The molecule has 2 rings (SSSR count). The van der Waals surface area contributed by atoms with E-state index in [1.54, 1.807) is 24.4 Å². The van der Waals surface area contributed by atoms with Crippen molar-refractivity contribution in [3.63, 3.8) is 0 Å². The number of anilines is 2. The molecule has 88 valence electrons. The quantitative estimate of drug-likeness (QED) is 0.844. The summed E-state index contributed by atoms with van der Waals surface area (Å²) >= 11 is 0. The van der Waals surface area contributed by atoms with Crippen molar-refractivity contribution in [1.29, 1.82) is 0 Å². The summed E-state index contributed by atoms with van der Waals surface area (Å²) in [6.07, 6.45) is 2.30. The van der Waals surface area contributed by atoms with Crippen molar-refractivity contribution in [2.75, 3.05) is 17.6 Å². The zero-order valence-electron chi connectivity index (χ0n) is 9.23. The third-order valence-corrected chi connectivity index (χ3v) is 2.25. The second-order valence-electron chi connectivity index (χ2n) is 3.58. The maximum atomic E-state index is 12.7. The number of nitrogens with one attached hydrogen (secondary N) is 1. The Labute approximate surface area is 98.7 Å². The lowest BCUT2D eigenvalue weighted by Gasteiger charge is -2.05. The highest BCUT2D eigenvalue weighted by atomic mass is 19.1. The molecular formula is C12H13FN4. The predicted octanol–water partition coefficient (Wildman–Crippen LogP) is 1.85. The predicted molar refractivity (Wildman–Crippen MR) is 65.0 cm³/mol. The first-order valence-electron chi connectivity index (χ1n) is 5.31. The molecule has 0 aliphatic rings. The maximum absolute atomic E-state index is 12.7. The van der Waals surface area contributed by atoms with Gasteiger partial charge in [-0.1, -0.05) is 0 Å². The Morgan fingerprint density at radius 1 is 1.18 bits per heavy atom. The molecule has 1 aromatic heterocycles. The number of nitrogens with zero attached hydrogens (tertiary/aromatic N) is 2. The topological polar surface area (TPSA) is 63.8 Å². The van der Waals surface area contributed by atoms with Gasteiger partial charge in [-0.15, -0.1) is 0 Å². The van der Waals surface area contributed by atoms with E-state index in [1.165, 1.54) is 12.1 Å². The number of hydrogen-bond acceptors (Lipinski definition) is 4. The summed E-state index contributed by atoms with van der Waals surface area (Å²) < 4.78 is 12.7. The van der Waals surface area contributed by atoms with E-state index >= 15 is 0 Å². The normalized spacial score (nSPS) is 10.2. The number of nitrogen functional groups attached to an aromatic ring is 1. The zero-order chi connectivity index (χ0) is 12.1. The van der Waals surface area contributed by atoms with Crippen molar-refractivity contribution < 1.29 is 4.39 Å². The van der Waals surface area contributed by atoms with Crippen molar-refractivity contribution >= 4 is 11.5 Å².